The number of hydrogen-bond donors (Lipinski definition) is 1. The van der Waals surface area contributed by atoms with Gasteiger partial charge < -0.3 is 14.7 Å². The number of carboxylic acids is 1. The topological polar surface area (TPSA) is 66.8 Å². The fourth-order valence-electron chi connectivity index (χ4n) is 3.67. The lowest BCUT2D eigenvalue weighted by Gasteiger charge is -2.37. The molecule has 0 aliphatic carbocycles. The number of likely N-dealkylation sites (tertiary alicyclic amines) is 1. The second kappa shape index (κ2) is 8.05. The van der Waals surface area contributed by atoms with Crippen molar-refractivity contribution in [3.8, 4) is 11.1 Å². The summed E-state index contributed by atoms with van der Waals surface area (Å²) >= 11 is 0. The Morgan fingerprint density at radius 2 is 1.71 bits per heavy atom. The fraction of sp³-hybridized carbons (Fsp3) is 0.391. The van der Waals surface area contributed by atoms with Crippen LogP contribution in [0.4, 0.5) is 4.79 Å². The molecule has 0 unspecified atom stereocenters. The summed E-state index contributed by atoms with van der Waals surface area (Å²) in [5, 5.41) is 9.81. The zero-order valence-electron chi connectivity index (χ0n) is 16.6. The number of amides is 1. The Labute approximate surface area is 165 Å². The maximum absolute atomic E-state index is 12.4. The molecule has 5 heteroatoms. The van der Waals surface area contributed by atoms with E-state index in [2.05, 4.69) is 6.07 Å². The molecule has 1 N–H and O–H groups in total. The first-order valence-corrected chi connectivity index (χ1v) is 9.61. The third-order valence-corrected chi connectivity index (χ3v) is 5.00. The van der Waals surface area contributed by atoms with Crippen molar-refractivity contribution in [2.45, 2.75) is 38.7 Å². The molecule has 0 bridgehead atoms. The van der Waals surface area contributed by atoms with Crippen LogP contribution >= 0.6 is 0 Å². The number of rotatable bonds is 3. The first-order chi connectivity index (χ1) is 13.2. The van der Waals surface area contributed by atoms with Gasteiger partial charge in [0.2, 0.25) is 0 Å². The molecule has 0 spiro atoms. The Balaban J connectivity index is 1.81. The minimum atomic E-state index is -0.886. The molecule has 28 heavy (non-hydrogen) atoms. The first kappa shape index (κ1) is 19.9. The highest BCUT2D eigenvalue weighted by Crippen LogP contribution is 2.35. The van der Waals surface area contributed by atoms with Gasteiger partial charge in [0.05, 0.1) is 5.92 Å². The molecule has 2 aromatic carbocycles. The van der Waals surface area contributed by atoms with Gasteiger partial charge in [0.25, 0.3) is 0 Å². The van der Waals surface area contributed by atoms with E-state index in [0.29, 0.717) is 13.0 Å². The summed E-state index contributed by atoms with van der Waals surface area (Å²) in [6, 6.07) is 18.1. The van der Waals surface area contributed by atoms with E-state index in [1.54, 1.807) is 20.8 Å². The standard InChI is InChI=1S/C23H27NO4/c1-23(2,3)28-22(27)24-13-12-19(20(15-24)21(25)26)18-11-7-10-17(14-18)16-8-5-4-6-9-16/h4-11,14,19-20H,12-13,15H2,1-3H3,(H,25,26)/t19-,20+/m1/s1. The zero-order chi connectivity index (χ0) is 20.3. The van der Waals surface area contributed by atoms with Crippen LogP contribution in [0.15, 0.2) is 54.6 Å². The van der Waals surface area contributed by atoms with E-state index in [1.807, 2.05) is 48.5 Å². The summed E-state index contributed by atoms with van der Waals surface area (Å²) in [7, 11) is 0. The minimum absolute atomic E-state index is 0.139. The quantitative estimate of drug-likeness (QED) is 0.831. The van der Waals surface area contributed by atoms with Gasteiger partial charge >= 0.3 is 12.1 Å². The summed E-state index contributed by atoms with van der Waals surface area (Å²) in [5.74, 6) is -1.68. The lowest BCUT2D eigenvalue weighted by atomic mass is 9.80. The SMILES string of the molecule is CC(C)(C)OC(=O)N1CC[C@H](c2cccc(-c3ccccc3)c2)[C@@H](C(=O)O)C1. The van der Waals surface area contributed by atoms with E-state index in [4.69, 9.17) is 4.74 Å². The molecule has 5 nitrogen and oxygen atoms in total. The second-order valence-electron chi connectivity index (χ2n) is 8.26. The van der Waals surface area contributed by atoms with Crippen molar-refractivity contribution in [1.82, 2.24) is 4.90 Å². The minimum Gasteiger partial charge on any atom is -0.481 e. The van der Waals surface area contributed by atoms with Crippen molar-refractivity contribution < 1.29 is 19.4 Å². The summed E-state index contributed by atoms with van der Waals surface area (Å²) in [6.45, 7) is 6.06. The predicted molar refractivity (Wildman–Crippen MR) is 108 cm³/mol. The third-order valence-electron chi connectivity index (χ3n) is 5.00. The average molecular weight is 381 g/mol. The summed E-state index contributed by atoms with van der Waals surface area (Å²) in [5.41, 5.74) is 2.56. The Hall–Kier alpha value is -2.82. The number of hydrogen-bond acceptors (Lipinski definition) is 3. The number of aliphatic carboxylic acids is 1. The number of carboxylic acid groups (broad SMARTS) is 1. The van der Waals surface area contributed by atoms with Gasteiger partial charge in [-0.3, -0.25) is 4.79 Å². The van der Waals surface area contributed by atoms with Crippen LogP contribution in [0.5, 0.6) is 0 Å². The van der Waals surface area contributed by atoms with Crippen LogP contribution < -0.4 is 0 Å². The molecule has 0 aromatic heterocycles. The molecule has 1 amide bonds. The van der Waals surface area contributed by atoms with E-state index < -0.39 is 23.6 Å². The molecule has 0 radical (unpaired) electrons. The largest absolute Gasteiger partial charge is 0.481 e. The van der Waals surface area contributed by atoms with Crippen molar-refractivity contribution >= 4 is 12.1 Å². The predicted octanol–water partition coefficient (Wildman–Crippen LogP) is 4.78. The van der Waals surface area contributed by atoms with E-state index in [0.717, 1.165) is 16.7 Å². The van der Waals surface area contributed by atoms with Crippen molar-refractivity contribution in [2.24, 2.45) is 5.92 Å². The Bertz CT molecular complexity index is 841. The van der Waals surface area contributed by atoms with Crippen LogP contribution in [0.3, 0.4) is 0 Å². The van der Waals surface area contributed by atoms with Gasteiger partial charge in [-0.05, 0) is 43.9 Å². The molecular formula is C23H27NO4. The van der Waals surface area contributed by atoms with Gasteiger partial charge in [-0.2, -0.15) is 0 Å². The Morgan fingerprint density at radius 1 is 1.04 bits per heavy atom. The zero-order valence-corrected chi connectivity index (χ0v) is 16.6. The third kappa shape index (κ3) is 4.71. The van der Waals surface area contributed by atoms with Gasteiger partial charge in [-0.15, -0.1) is 0 Å². The monoisotopic (exact) mass is 381 g/mol. The van der Waals surface area contributed by atoms with Crippen molar-refractivity contribution in [3.05, 3.63) is 60.2 Å². The number of carbonyl (C=O) groups excluding carboxylic acids is 1. The average Bonchev–Trinajstić information content (AvgIpc) is 2.67. The Morgan fingerprint density at radius 3 is 2.36 bits per heavy atom. The molecule has 1 heterocycles. The molecular weight excluding hydrogens is 354 g/mol. The van der Waals surface area contributed by atoms with Crippen LogP contribution in [0.25, 0.3) is 11.1 Å². The number of carbonyl (C=O) groups is 2. The van der Waals surface area contributed by atoms with Gasteiger partial charge in [-0.25, -0.2) is 4.79 Å². The van der Waals surface area contributed by atoms with Crippen LogP contribution in [0.2, 0.25) is 0 Å². The van der Waals surface area contributed by atoms with Crippen LogP contribution in [0.1, 0.15) is 38.7 Å². The Kier molecular flexibility index (Phi) is 5.73. The van der Waals surface area contributed by atoms with E-state index in [1.165, 1.54) is 4.90 Å². The van der Waals surface area contributed by atoms with Gasteiger partial charge in [-0.1, -0.05) is 54.6 Å². The highest BCUT2D eigenvalue weighted by molar-refractivity contribution is 5.75. The summed E-state index contributed by atoms with van der Waals surface area (Å²) in [6.07, 6.45) is 0.143. The molecule has 0 saturated carbocycles. The molecule has 2 aromatic rings. The first-order valence-electron chi connectivity index (χ1n) is 9.61. The molecule has 148 valence electrons. The highest BCUT2D eigenvalue weighted by Gasteiger charge is 2.38. The number of nitrogens with zero attached hydrogens (tertiary/aromatic N) is 1. The maximum atomic E-state index is 12.4. The van der Waals surface area contributed by atoms with Crippen LogP contribution in [0, 0.1) is 5.92 Å². The molecule has 1 aliphatic heterocycles. The van der Waals surface area contributed by atoms with Crippen LogP contribution in [-0.4, -0.2) is 40.8 Å². The fourth-order valence-corrected chi connectivity index (χ4v) is 3.67. The molecule has 1 saturated heterocycles. The van der Waals surface area contributed by atoms with E-state index in [9.17, 15) is 14.7 Å². The number of benzene rings is 2. The van der Waals surface area contributed by atoms with Gasteiger partial charge in [0.15, 0.2) is 0 Å². The van der Waals surface area contributed by atoms with Gasteiger partial charge in [0.1, 0.15) is 5.60 Å². The lowest BCUT2D eigenvalue weighted by Crippen LogP contribution is -2.47. The number of ether oxygens (including phenoxy) is 1. The highest BCUT2D eigenvalue weighted by atomic mass is 16.6. The normalized spacial score (nSPS) is 19.9. The molecule has 1 aliphatic rings. The van der Waals surface area contributed by atoms with Crippen LogP contribution in [-0.2, 0) is 9.53 Å². The second-order valence-corrected chi connectivity index (χ2v) is 8.26. The molecule has 2 atom stereocenters. The lowest BCUT2D eigenvalue weighted by molar-refractivity contribution is -0.144. The van der Waals surface area contributed by atoms with E-state index >= 15 is 0 Å². The maximum Gasteiger partial charge on any atom is 0.410 e. The summed E-state index contributed by atoms with van der Waals surface area (Å²) in [4.78, 5) is 25.9. The van der Waals surface area contributed by atoms with Crippen molar-refractivity contribution in [3.63, 3.8) is 0 Å². The van der Waals surface area contributed by atoms with E-state index in [-0.39, 0.29) is 12.5 Å². The summed E-state index contributed by atoms with van der Waals surface area (Å²) < 4.78 is 5.42. The molecule has 3 rings (SSSR count). The molecule has 1 fully saturated rings. The smallest absolute Gasteiger partial charge is 0.410 e. The number of piperidine rings is 1. The van der Waals surface area contributed by atoms with Gasteiger partial charge in [0, 0.05) is 19.0 Å². The van der Waals surface area contributed by atoms with Crippen molar-refractivity contribution in [1.29, 1.82) is 0 Å². The van der Waals surface area contributed by atoms with Crippen molar-refractivity contribution in [2.75, 3.05) is 13.1 Å².